The van der Waals surface area contributed by atoms with Crippen molar-refractivity contribution >= 4 is 22.1 Å². The SMILES string of the molecule is O=C(NC1CCCN(Cc2ccccc2)C1=O)N1CCN(S(=O)(=O)NCc2ccccc2)CC1. The van der Waals surface area contributed by atoms with Crippen molar-refractivity contribution in [3.63, 3.8) is 0 Å². The quantitative estimate of drug-likeness (QED) is 0.621. The van der Waals surface area contributed by atoms with Crippen molar-refractivity contribution in [3.05, 3.63) is 71.8 Å². The highest BCUT2D eigenvalue weighted by Gasteiger charge is 2.33. The molecule has 4 rings (SSSR count). The van der Waals surface area contributed by atoms with Crippen LogP contribution < -0.4 is 10.0 Å². The molecule has 2 aromatic rings. The number of hydrogen-bond donors (Lipinski definition) is 2. The van der Waals surface area contributed by atoms with E-state index in [0.29, 0.717) is 19.5 Å². The van der Waals surface area contributed by atoms with E-state index in [1.807, 2.05) is 60.7 Å². The summed E-state index contributed by atoms with van der Waals surface area (Å²) < 4.78 is 29.2. The minimum absolute atomic E-state index is 0.0743. The number of likely N-dealkylation sites (tertiary alicyclic amines) is 1. The van der Waals surface area contributed by atoms with Crippen LogP contribution in [0, 0.1) is 0 Å². The molecule has 0 aliphatic carbocycles. The lowest BCUT2D eigenvalue weighted by Crippen LogP contribution is -2.58. The molecule has 9 nitrogen and oxygen atoms in total. The van der Waals surface area contributed by atoms with Gasteiger partial charge in [0.05, 0.1) is 0 Å². The summed E-state index contributed by atoms with van der Waals surface area (Å²) in [6.45, 7) is 2.37. The van der Waals surface area contributed by atoms with E-state index in [9.17, 15) is 18.0 Å². The van der Waals surface area contributed by atoms with Gasteiger partial charge in [-0.05, 0) is 24.0 Å². The Kier molecular flexibility index (Phi) is 7.81. The molecule has 2 aliphatic heterocycles. The first-order chi connectivity index (χ1) is 16.4. The van der Waals surface area contributed by atoms with Crippen LogP contribution in [0.1, 0.15) is 24.0 Å². The summed E-state index contributed by atoms with van der Waals surface area (Å²) in [5, 5.41) is 2.87. The van der Waals surface area contributed by atoms with E-state index >= 15 is 0 Å². The normalized spacial score (nSPS) is 19.8. The Balaban J connectivity index is 1.25. The van der Waals surface area contributed by atoms with Gasteiger partial charge in [0.15, 0.2) is 0 Å². The zero-order valence-electron chi connectivity index (χ0n) is 19.1. The molecular weight excluding hydrogens is 454 g/mol. The van der Waals surface area contributed by atoms with E-state index in [-0.39, 0.29) is 44.7 Å². The summed E-state index contributed by atoms with van der Waals surface area (Å²) in [7, 11) is -3.64. The van der Waals surface area contributed by atoms with E-state index in [1.165, 1.54) is 4.31 Å². The van der Waals surface area contributed by atoms with Crippen molar-refractivity contribution in [2.24, 2.45) is 0 Å². The van der Waals surface area contributed by atoms with Crippen LogP contribution in [-0.4, -0.2) is 73.2 Å². The minimum Gasteiger partial charge on any atom is -0.337 e. The van der Waals surface area contributed by atoms with E-state index in [2.05, 4.69) is 10.0 Å². The van der Waals surface area contributed by atoms with Crippen LogP contribution in [0.3, 0.4) is 0 Å². The predicted octanol–water partition coefficient (Wildman–Crippen LogP) is 1.54. The molecule has 34 heavy (non-hydrogen) atoms. The molecule has 10 heteroatoms. The molecule has 2 fully saturated rings. The fourth-order valence-corrected chi connectivity index (χ4v) is 5.44. The van der Waals surface area contributed by atoms with Gasteiger partial charge in [-0.15, -0.1) is 0 Å². The molecule has 0 bridgehead atoms. The highest BCUT2D eigenvalue weighted by molar-refractivity contribution is 7.87. The van der Waals surface area contributed by atoms with Crippen LogP contribution in [0.4, 0.5) is 4.79 Å². The average molecular weight is 486 g/mol. The Morgan fingerprint density at radius 2 is 1.50 bits per heavy atom. The van der Waals surface area contributed by atoms with Crippen molar-refractivity contribution in [2.75, 3.05) is 32.7 Å². The molecule has 0 radical (unpaired) electrons. The fraction of sp³-hybridized carbons (Fsp3) is 0.417. The third kappa shape index (κ3) is 6.13. The molecule has 2 saturated heterocycles. The molecular formula is C24H31N5O4S. The first-order valence-electron chi connectivity index (χ1n) is 11.6. The van der Waals surface area contributed by atoms with Gasteiger partial charge in [0.25, 0.3) is 10.2 Å². The van der Waals surface area contributed by atoms with Crippen LogP contribution in [0.5, 0.6) is 0 Å². The minimum atomic E-state index is -3.64. The Morgan fingerprint density at radius 1 is 0.882 bits per heavy atom. The van der Waals surface area contributed by atoms with Crippen molar-refractivity contribution in [2.45, 2.75) is 32.0 Å². The highest BCUT2D eigenvalue weighted by atomic mass is 32.2. The Labute approximate surface area is 200 Å². The van der Waals surface area contributed by atoms with Gasteiger partial charge in [-0.1, -0.05) is 60.7 Å². The summed E-state index contributed by atoms with van der Waals surface area (Å²) in [6.07, 6.45) is 1.43. The Bertz CT molecular complexity index is 1070. The van der Waals surface area contributed by atoms with Crippen LogP contribution in [0.25, 0.3) is 0 Å². The topological polar surface area (TPSA) is 102 Å². The maximum absolute atomic E-state index is 12.9. The van der Waals surface area contributed by atoms with Crippen molar-refractivity contribution in [1.82, 2.24) is 24.1 Å². The van der Waals surface area contributed by atoms with Crippen molar-refractivity contribution < 1.29 is 18.0 Å². The number of benzene rings is 2. The molecule has 1 unspecified atom stereocenters. The standard InChI is InChI=1S/C24H31N5O4S/c30-23-22(12-7-13-28(23)19-21-10-5-2-6-11-21)26-24(31)27-14-16-29(17-15-27)34(32,33)25-18-20-8-3-1-4-9-20/h1-6,8-11,22,25H,7,12-19H2,(H,26,31). The third-order valence-electron chi connectivity index (χ3n) is 6.21. The van der Waals surface area contributed by atoms with Gasteiger partial charge >= 0.3 is 6.03 Å². The predicted molar refractivity (Wildman–Crippen MR) is 129 cm³/mol. The second kappa shape index (κ2) is 11.0. The lowest BCUT2D eigenvalue weighted by molar-refractivity contribution is -0.136. The van der Waals surface area contributed by atoms with E-state index < -0.39 is 16.3 Å². The highest BCUT2D eigenvalue weighted by Crippen LogP contribution is 2.16. The third-order valence-corrected chi connectivity index (χ3v) is 7.77. The number of amides is 3. The number of nitrogens with one attached hydrogen (secondary N) is 2. The van der Waals surface area contributed by atoms with Gasteiger partial charge in [-0.2, -0.15) is 17.4 Å². The van der Waals surface area contributed by atoms with Crippen LogP contribution in [0.2, 0.25) is 0 Å². The average Bonchev–Trinajstić information content (AvgIpc) is 2.86. The van der Waals surface area contributed by atoms with Gasteiger partial charge in [0.1, 0.15) is 6.04 Å². The maximum Gasteiger partial charge on any atom is 0.318 e. The van der Waals surface area contributed by atoms with Gasteiger partial charge in [0.2, 0.25) is 5.91 Å². The second-order valence-corrected chi connectivity index (χ2v) is 10.3. The van der Waals surface area contributed by atoms with Crippen LogP contribution in [0.15, 0.2) is 60.7 Å². The number of hydrogen-bond acceptors (Lipinski definition) is 4. The number of piperidine rings is 1. The number of urea groups is 1. The molecule has 0 saturated carbocycles. The Morgan fingerprint density at radius 3 is 2.15 bits per heavy atom. The van der Waals surface area contributed by atoms with E-state index in [4.69, 9.17) is 0 Å². The summed E-state index contributed by atoms with van der Waals surface area (Å²) >= 11 is 0. The molecule has 2 N–H and O–H groups in total. The molecule has 1 atom stereocenters. The zero-order valence-corrected chi connectivity index (χ0v) is 19.9. The summed E-state index contributed by atoms with van der Waals surface area (Å²) in [5.41, 5.74) is 1.93. The van der Waals surface area contributed by atoms with Gasteiger partial charge in [0, 0.05) is 45.8 Å². The van der Waals surface area contributed by atoms with Crippen LogP contribution in [-0.2, 0) is 28.1 Å². The van der Waals surface area contributed by atoms with Gasteiger partial charge < -0.3 is 15.1 Å². The lowest BCUT2D eigenvalue weighted by Gasteiger charge is -2.36. The monoisotopic (exact) mass is 485 g/mol. The number of carbonyl (C=O) groups is 2. The molecule has 182 valence electrons. The summed E-state index contributed by atoms with van der Waals surface area (Å²) in [4.78, 5) is 29.1. The van der Waals surface area contributed by atoms with E-state index in [0.717, 1.165) is 17.5 Å². The van der Waals surface area contributed by atoms with Crippen molar-refractivity contribution in [3.8, 4) is 0 Å². The van der Waals surface area contributed by atoms with E-state index in [1.54, 1.807) is 9.80 Å². The zero-order chi connectivity index (χ0) is 24.0. The largest absolute Gasteiger partial charge is 0.337 e. The molecule has 2 aliphatic rings. The molecule has 3 amide bonds. The smallest absolute Gasteiger partial charge is 0.318 e. The second-order valence-electron chi connectivity index (χ2n) is 8.59. The number of carbonyl (C=O) groups excluding carboxylic acids is 2. The molecule has 2 heterocycles. The van der Waals surface area contributed by atoms with Crippen LogP contribution >= 0.6 is 0 Å². The molecule has 0 aromatic heterocycles. The number of nitrogens with zero attached hydrogens (tertiary/aromatic N) is 3. The molecule has 0 spiro atoms. The Hall–Kier alpha value is -2.95. The van der Waals surface area contributed by atoms with Gasteiger partial charge in [-0.3, -0.25) is 4.79 Å². The summed E-state index contributed by atoms with van der Waals surface area (Å²) in [6, 6.07) is 18.2. The number of rotatable bonds is 7. The first-order valence-corrected chi connectivity index (χ1v) is 13.0. The number of piperazine rings is 1. The first kappa shape index (κ1) is 24.2. The molecule has 2 aromatic carbocycles. The fourth-order valence-electron chi connectivity index (χ4n) is 4.27. The maximum atomic E-state index is 12.9. The lowest BCUT2D eigenvalue weighted by atomic mass is 10.0. The summed E-state index contributed by atoms with van der Waals surface area (Å²) in [5.74, 6) is -0.0743. The van der Waals surface area contributed by atoms with Crippen molar-refractivity contribution in [1.29, 1.82) is 0 Å². The van der Waals surface area contributed by atoms with Gasteiger partial charge in [-0.25, -0.2) is 4.79 Å².